The third kappa shape index (κ3) is 2.86. The van der Waals surface area contributed by atoms with E-state index >= 15 is 0 Å². The van der Waals surface area contributed by atoms with Crippen molar-refractivity contribution in [3.8, 4) is 0 Å². The van der Waals surface area contributed by atoms with Gasteiger partial charge in [-0.05, 0) is 46.3 Å². The van der Waals surface area contributed by atoms with E-state index in [1.165, 1.54) is 0 Å². The highest BCUT2D eigenvalue weighted by Crippen LogP contribution is 2.36. The van der Waals surface area contributed by atoms with E-state index in [2.05, 4.69) is 9.97 Å². The van der Waals surface area contributed by atoms with Gasteiger partial charge in [0.25, 0.3) is 0 Å². The number of rotatable bonds is 2. The highest BCUT2D eigenvalue weighted by Gasteiger charge is 2.52. The first kappa shape index (κ1) is 6.06. The summed E-state index contributed by atoms with van der Waals surface area (Å²) in [5.74, 6) is -4.98. The van der Waals surface area contributed by atoms with Gasteiger partial charge < -0.3 is 14.2 Å². The monoisotopic (exact) mass is 317 g/mol. The third-order valence-electron chi connectivity index (χ3n) is 3.83. The van der Waals surface area contributed by atoms with E-state index in [0.29, 0.717) is 0 Å². The second kappa shape index (κ2) is 5.50. The van der Waals surface area contributed by atoms with Crippen molar-refractivity contribution in [1.82, 2.24) is 9.97 Å². The van der Waals surface area contributed by atoms with Gasteiger partial charge in [-0.25, -0.2) is 4.98 Å². The molecule has 120 valence electrons. The SMILES string of the molecule is [2H]c1nc(N2C([2H])([2H])C([2H])([2H])C([2H])(C([2H])([2H])[2H])C([2H])([2H])C2([2H])[2H])c([2H])nc1B1OC(C)(C)C(C)(C)O1. The molecule has 3 heterocycles. The molecule has 2 fully saturated rings. The minimum absolute atomic E-state index is 0.181. The highest BCUT2D eigenvalue weighted by molar-refractivity contribution is 6.61. The van der Waals surface area contributed by atoms with E-state index < -0.39 is 75.0 Å². The van der Waals surface area contributed by atoms with Gasteiger partial charge in [0, 0.05) is 35.6 Å². The summed E-state index contributed by atoms with van der Waals surface area (Å²) in [6.45, 7) is -4.39. The van der Waals surface area contributed by atoms with Crippen LogP contribution in [0.15, 0.2) is 12.3 Å². The molecule has 2 saturated heterocycles. The van der Waals surface area contributed by atoms with Crippen LogP contribution in [0, 0.1) is 5.89 Å². The Morgan fingerprint density at radius 1 is 1.27 bits per heavy atom. The summed E-state index contributed by atoms with van der Waals surface area (Å²) in [6.07, 6.45) is -9.46. The first-order valence-electron chi connectivity index (χ1n) is 13.7. The first-order chi connectivity index (χ1) is 15.7. The lowest BCUT2D eigenvalue weighted by molar-refractivity contribution is 0.00578. The van der Waals surface area contributed by atoms with Crippen LogP contribution in [-0.2, 0) is 9.31 Å². The summed E-state index contributed by atoms with van der Waals surface area (Å²) in [5, 5.41) is 0. The van der Waals surface area contributed by atoms with Gasteiger partial charge in [-0.15, -0.1) is 0 Å². The Kier molecular flexibility index (Phi) is 1.51. The van der Waals surface area contributed by atoms with E-state index in [1.54, 1.807) is 27.7 Å². The standard InChI is InChI=1S/C16H26BN3O2/c1-12-6-8-20(9-7-12)14-11-18-13(10-19-14)17-21-15(2,3)16(4,5)22-17/h10-12H,6-9H2,1-5H3/i1D3,6D2,7D2,8D2,9D2,10D,11D,12D. The van der Waals surface area contributed by atoms with Crippen molar-refractivity contribution in [2.45, 2.75) is 58.5 Å². The molecule has 1 aromatic heterocycles. The molecular weight excluding hydrogens is 277 g/mol. The average Bonchev–Trinajstić information content (AvgIpc) is 2.88. The number of hydrogen-bond acceptors (Lipinski definition) is 5. The van der Waals surface area contributed by atoms with Gasteiger partial charge in [-0.3, -0.25) is 4.98 Å². The van der Waals surface area contributed by atoms with E-state index in [1.807, 2.05) is 0 Å². The molecule has 0 N–H and O–H groups in total. The topological polar surface area (TPSA) is 47.5 Å². The van der Waals surface area contributed by atoms with Gasteiger partial charge in [0.1, 0.15) is 5.82 Å². The van der Waals surface area contributed by atoms with E-state index in [0.717, 1.165) is 0 Å². The van der Waals surface area contributed by atoms with Crippen molar-refractivity contribution in [2.24, 2.45) is 5.89 Å². The summed E-state index contributed by atoms with van der Waals surface area (Å²) < 4.78 is 126. The smallest absolute Gasteiger partial charge is 0.398 e. The maximum absolute atomic E-state index is 8.36. The molecule has 0 unspecified atom stereocenters. The summed E-state index contributed by atoms with van der Waals surface area (Å²) in [5.41, 5.74) is -2.01. The van der Waals surface area contributed by atoms with E-state index in [9.17, 15) is 0 Å². The Hall–Kier alpha value is -1.14. The van der Waals surface area contributed by atoms with Gasteiger partial charge in [0.05, 0.1) is 25.7 Å². The minimum Gasteiger partial charge on any atom is -0.398 e. The van der Waals surface area contributed by atoms with Gasteiger partial charge >= 0.3 is 7.12 Å². The third-order valence-corrected chi connectivity index (χ3v) is 3.83. The Balaban J connectivity index is 2.23. The molecule has 6 heteroatoms. The van der Waals surface area contributed by atoms with Crippen LogP contribution in [0.3, 0.4) is 0 Å². The van der Waals surface area contributed by atoms with Crippen molar-refractivity contribution in [3.63, 3.8) is 0 Å². The summed E-state index contributed by atoms with van der Waals surface area (Å²) >= 11 is 0. The molecule has 1 aromatic rings. The molecule has 22 heavy (non-hydrogen) atoms. The molecule has 5 nitrogen and oxygen atoms in total. The lowest BCUT2D eigenvalue weighted by atomic mass is 9.85. The van der Waals surface area contributed by atoms with Gasteiger partial charge in [0.15, 0.2) is 0 Å². The van der Waals surface area contributed by atoms with Crippen molar-refractivity contribution >= 4 is 18.5 Å². The highest BCUT2D eigenvalue weighted by atomic mass is 16.7. The Morgan fingerprint density at radius 3 is 2.50 bits per heavy atom. The van der Waals surface area contributed by atoms with Crippen LogP contribution in [0.25, 0.3) is 0 Å². The fraction of sp³-hybridized carbons (Fsp3) is 0.750. The predicted molar refractivity (Wildman–Crippen MR) is 88.4 cm³/mol. The predicted octanol–water partition coefficient (Wildman–Crippen LogP) is 2.01. The quantitative estimate of drug-likeness (QED) is 0.781. The zero-order chi connectivity index (χ0) is 28.3. The normalized spacial score (nSPS) is 45.3. The lowest BCUT2D eigenvalue weighted by Gasteiger charge is -2.32. The number of aromatic nitrogens is 2. The molecule has 0 atom stereocenters. The van der Waals surface area contributed by atoms with Crippen LogP contribution in [0.4, 0.5) is 5.82 Å². The maximum Gasteiger partial charge on any atom is 0.516 e. The largest absolute Gasteiger partial charge is 0.516 e. The zero-order valence-electron chi connectivity index (χ0n) is 26.7. The van der Waals surface area contributed by atoms with Crippen LogP contribution in [-0.4, -0.2) is 41.3 Å². The number of nitrogens with zero attached hydrogens (tertiary/aromatic N) is 3. The zero-order valence-corrected chi connectivity index (χ0v) is 12.7. The summed E-state index contributed by atoms with van der Waals surface area (Å²) in [6, 6.07) is 0. The Bertz CT molecular complexity index is 1030. The first-order valence-corrected chi connectivity index (χ1v) is 6.73. The van der Waals surface area contributed by atoms with Crippen LogP contribution in [0.5, 0.6) is 0 Å². The van der Waals surface area contributed by atoms with E-state index in [-0.39, 0.29) is 10.5 Å². The molecule has 0 saturated carbocycles. The van der Waals surface area contributed by atoms with Crippen molar-refractivity contribution in [1.29, 1.82) is 0 Å². The van der Waals surface area contributed by atoms with Crippen molar-refractivity contribution in [2.75, 3.05) is 17.9 Å². The molecule has 0 bridgehead atoms. The molecule has 3 rings (SSSR count). The van der Waals surface area contributed by atoms with Crippen LogP contribution in [0.1, 0.15) is 66.5 Å². The number of piperidine rings is 1. The molecule has 2 aliphatic rings. The summed E-state index contributed by atoms with van der Waals surface area (Å²) in [7, 11) is -1.27. The van der Waals surface area contributed by atoms with Crippen molar-refractivity contribution < 1.29 is 28.5 Å². The Morgan fingerprint density at radius 2 is 1.91 bits per heavy atom. The molecule has 2 aliphatic heterocycles. The average molecular weight is 317 g/mol. The second-order valence-electron chi connectivity index (χ2n) is 5.93. The molecule has 0 aliphatic carbocycles. The van der Waals surface area contributed by atoms with Gasteiger partial charge in [-0.1, -0.05) is 6.85 Å². The molecular formula is C16H26BN3O2. The molecule has 0 aromatic carbocycles. The van der Waals surface area contributed by atoms with Crippen molar-refractivity contribution in [3.05, 3.63) is 12.3 Å². The number of anilines is 1. The van der Waals surface area contributed by atoms with Gasteiger partial charge in [0.2, 0.25) is 0 Å². The fourth-order valence-electron chi connectivity index (χ4n) is 1.82. The molecule has 0 amide bonds. The minimum atomic E-state index is -3.92. The Labute approximate surface area is 153 Å². The number of hydrogen-bond donors (Lipinski definition) is 0. The second-order valence-corrected chi connectivity index (χ2v) is 5.93. The van der Waals surface area contributed by atoms with Crippen LogP contribution < -0.4 is 10.5 Å². The van der Waals surface area contributed by atoms with Crippen LogP contribution in [0.2, 0.25) is 0 Å². The fourth-order valence-corrected chi connectivity index (χ4v) is 1.82. The molecule has 0 spiro atoms. The van der Waals surface area contributed by atoms with Gasteiger partial charge in [-0.2, -0.15) is 0 Å². The summed E-state index contributed by atoms with van der Waals surface area (Å²) in [4.78, 5) is 7.42. The van der Waals surface area contributed by atoms with Crippen LogP contribution >= 0.6 is 0 Å². The maximum atomic E-state index is 8.36. The van der Waals surface area contributed by atoms with E-state index in [4.69, 9.17) is 28.5 Å². The molecule has 0 radical (unpaired) electrons. The lowest BCUT2D eigenvalue weighted by Crippen LogP contribution is -2.41.